The summed E-state index contributed by atoms with van der Waals surface area (Å²) in [5, 5.41) is 2.69. The summed E-state index contributed by atoms with van der Waals surface area (Å²) in [5.41, 5.74) is 5.80. The lowest BCUT2D eigenvalue weighted by atomic mass is 10.1. The third-order valence-electron chi connectivity index (χ3n) is 2.52. The lowest BCUT2D eigenvalue weighted by Gasteiger charge is -2.21. The maximum absolute atomic E-state index is 11.8. The van der Waals surface area contributed by atoms with Gasteiger partial charge in [-0.3, -0.25) is 4.79 Å². The van der Waals surface area contributed by atoms with E-state index < -0.39 is 0 Å². The van der Waals surface area contributed by atoms with E-state index in [1.807, 2.05) is 0 Å². The molecule has 19 heavy (non-hydrogen) atoms. The Labute approximate surface area is 117 Å². The average molecular weight is 289 g/mol. The van der Waals surface area contributed by atoms with E-state index in [2.05, 4.69) is 5.32 Å². The molecular weight excluding hydrogens is 272 g/mol. The smallest absolute Gasteiger partial charge is 0.251 e. The molecule has 1 aliphatic rings. The fourth-order valence-electron chi connectivity index (χ4n) is 1.69. The van der Waals surface area contributed by atoms with Crippen LogP contribution < -0.4 is 25.3 Å². The quantitative estimate of drug-likeness (QED) is 0.847. The second-order valence-electron chi connectivity index (χ2n) is 3.75. The van der Waals surface area contributed by atoms with E-state index >= 15 is 0 Å². The minimum atomic E-state index is -0.212. The Morgan fingerprint density at radius 3 is 2.84 bits per heavy atom. The summed E-state index contributed by atoms with van der Waals surface area (Å²) in [5.74, 6) is 1.35. The number of carbonyl (C=O) groups is 1. The summed E-state index contributed by atoms with van der Waals surface area (Å²) in [4.78, 5) is 11.8. The van der Waals surface area contributed by atoms with Crippen LogP contribution in [0.5, 0.6) is 17.2 Å². The number of hydrogen-bond donors (Lipinski definition) is 2. The van der Waals surface area contributed by atoms with E-state index in [9.17, 15) is 4.79 Å². The summed E-state index contributed by atoms with van der Waals surface area (Å²) in [6.07, 6.45) is 0. The number of nitrogens with two attached hydrogens (primary N) is 1. The maximum Gasteiger partial charge on any atom is 0.251 e. The number of fused-ring (bicyclic) bond motifs is 1. The molecule has 1 amide bonds. The van der Waals surface area contributed by atoms with Crippen LogP contribution in [0.25, 0.3) is 0 Å². The van der Waals surface area contributed by atoms with Gasteiger partial charge in [-0.15, -0.1) is 12.4 Å². The van der Waals surface area contributed by atoms with E-state index in [4.69, 9.17) is 19.9 Å². The number of ether oxygens (including phenoxy) is 3. The molecular formula is C12H17ClN2O4. The van der Waals surface area contributed by atoms with Gasteiger partial charge in [0.1, 0.15) is 13.2 Å². The number of carbonyl (C=O) groups excluding carboxylic acids is 1. The lowest BCUT2D eigenvalue weighted by Crippen LogP contribution is -2.29. The van der Waals surface area contributed by atoms with Gasteiger partial charge in [0, 0.05) is 18.7 Å². The Morgan fingerprint density at radius 1 is 1.42 bits per heavy atom. The van der Waals surface area contributed by atoms with Crippen molar-refractivity contribution in [3.8, 4) is 17.2 Å². The number of methoxy groups -OCH3 is 1. The molecule has 0 atom stereocenters. The van der Waals surface area contributed by atoms with Crippen LogP contribution in [-0.2, 0) is 0 Å². The van der Waals surface area contributed by atoms with Crippen LogP contribution in [-0.4, -0.2) is 39.3 Å². The Bertz CT molecular complexity index is 436. The van der Waals surface area contributed by atoms with E-state index in [0.29, 0.717) is 49.1 Å². The first-order valence-electron chi connectivity index (χ1n) is 5.72. The molecule has 1 aromatic carbocycles. The van der Waals surface area contributed by atoms with E-state index in [-0.39, 0.29) is 18.3 Å². The van der Waals surface area contributed by atoms with Gasteiger partial charge in [-0.05, 0) is 12.1 Å². The zero-order chi connectivity index (χ0) is 13.0. The Balaban J connectivity index is 0.00000180. The first kappa shape index (κ1) is 15.4. The standard InChI is InChI=1S/C12H16N2O4.ClH/c1-16-9-6-8(12(15)14-3-2-13)7-10-11(9)18-5-4-17-10;/h6-7H,2-5,13H2,1H3,(H,14,15);1H. The minimum absolute atomic E-state index is 0. The molecule has 7 heteroatoms. The first-order chi connectivity index (χ1) is 8.76. The third-order valence-corrected chi connectivity index (χ3v) is 2.52. The Hall–Kier alpha value is -1.66. The molecule has 6 nitrogen and oxygen atoms in total. The van der Waals surface area contributed by atoms with Gasteiger partial charge in [-0.1, -0.05) is 0 Å². The zero-order valence-electron chi connectivity index (χ0n) is 10.6. The van der Waals surface area contributed by atoms with Crippen molar-refractivity contribution in [1.29, 1.82) is 0 Å². The first-order valence-corrected chi connectivity index (χ1v) is 5.72. The molecule has 0 fully saturated rings. The van der Waals surface area contributed by atoms with Gasteiger partial charge in [0.15, 0.2) is 11.5 Å². The molecule has 0 aliphatic carbocycles. The van der Waals surface area contributed by atoms with Crippen molar-refractivity contribution in [3.63, 3.8) is 0 Å². The van der Waals surface area contributed by atoms with E-state index in [1.54, 1.807) is 12.1 Å². The number of amides is 1. The Kier molecular flexibility index (Phi) is 5.72. The highest BCUT2D eigenvalue weighted by atomic mass is 35.5. The van der Waals surface area contributed by atoms with Gasteiger partial charge < -0.3 is 25.3 Å². The molecule has 1 heterocycles. The maximum atomic E-state index is 11.8. The van der Waals surface area contributed by atoms with Gasteiger partial charge in [0.25, 0.3) is 5.91 Å². The summed E-state index contributed by atoms with van der Waals surface area (Å²) < 4.78 is 16.1. The van der Waals surface area contributed by atoms with Crippen molar-refractivity contribution in [2.45, 2.75) is 0 Å². The third kappa shape index (κ3) is 3.42. The predicted octanol–water partition coefficient (Wildman–Crippen LogP) is 0.577. The average Bonchev–Trinajstić information content (AvgIpc) is 2.43. The number of nitrogens with one attached hydrogen (secondary N) is 1. The highest BCUT2D eigenvalue weighted by Gasteiger charge is 2.20. The normalized spacial score (nSPS) is 12.3. The van der Waals surface area contributed by atoms with Crippen molar-refractivity contribution in [2.75, 3.05) is 33.4 Å². The van der Waals surface area contributed by atoms with Crippen molar-refractivity contribution < 1.29 is 19.0 Å². The van der Waals surface area contributed by atoms with E-state index in [1.165, 1.54) is 7.11 Å². The minimum Gasteiger partial charge on any atom is -0.493 e. The van der Waals surface area contributed by atoms with Crippen LogP contribution in [0.4, 0.5) is 0 Å². The van der Waals surface area contributed by atoms with Crippen LogP contribution in [0.15, 0.2) is 12.1 Å². The fraction of sp³-hybridized carbons (Fsp3) is 0.417. The van der Waals surface area contributed by atoms with E-state index in [0.717, 1.165) is 0 Å². The van der Waals surface area contributed by atoms with Crippen molar-refractivity contribution >= 4 is 18.3 Å². The summed E-state index contributed by atoms with van der Waals surface area (Å²) >= 11 is 0. The number of hydrogen-bond acceptors (Lipinski definition) is 5. The van der Waals surface area contributed by atoms with Gasteiger partial charge in [0.2, 0.25) is 5.75 Å². The molecule has 0 radical (unpaired) electrons. The van der Waals surface area contributed by atoms with Gasteiger partial charge in [-0.2, -0.15) is 0 Å². The lowest BCUT2D eigenvalue weighted by molar-refractivity contribution is 0.0952. The Morgan fingerprint density at radius 2 is 2.16 bits per heavy atom. The van der Waals surface area contributed by atoms with Crippen molar-refractivity contribution in [1.82, 2.24) is 5.32 Å². The van der Waals surface area contributed by atoms with Crippen LogP contribution in [0, 0.1) is 0 Å². The molecule has 1 aromatic rings. The predicted molar refractivity (Wildman–Crippen MR) is 72.6 cm³/mol. The van der Waals surface area contributed by atoms with Crippen LogP contribution >= 0.6 is 12.4 Å². The van der Waals surface area contributed by atoms with Gasteiger partial charge in [-0.25, -0.2) is 0 Å². The monoisotopic (exact) mass is 288 g/mol. The topological polar surface area (TPSA) is 82.8 Å². The molecule has 0 saturated heterocycles. The van der Waals surface area contributed by atoms with Crippen LogP contribution in [0.2, 0.25) is 0 Å². The summed E-state index contributed by atoms with van der Waals surface area (Å²) in [6, 6.07) is 3.27. The highest BCUT2D eigenvalue weighted by Crippen LogP contribution is 2.40. The van der Waals surface area contributed by atoms with Gasteiger partial charge in [0.05, 0.1) is 7.11 Å². The molecule has 0 aromatic heterocycles. The van der Waals surface area contributed by atoms with Gasteiger partial charge >= 0.3 is 0 Å². The van der Waals surface area contributed by atoms with Crippen molar-refractivity contribution in [2.24, 2.45) is 5.73 Å². The molecule has 0 spiro atoms. The van der Waals surface area contributed by atoms with Crippen LogP contribution in [0.3, 0.4) is 0 Å². The molecule has 2 rings (SSSR count). The summed E-state index contributed by atoms with van der Waals surface area (Å²) in [7, 11) is 1.52. The molecule has 0 unspecified atom stereocenters. The zero-order valence-corrected chi connectivity index (χ0v) is 11.4. The van der Waals surface area contributed by atoms with Crippen molar-refractivity contribution in [3.05, 3.63) is 17.7 Å². The largest absolute Gasteiger partial charge is 0.493 e. The number of rotatable bonds is 4. The fourth-order valence-corrected chi connectivity index (χ4v) is 1.69. The molecule has 106 valence electrons. The highest BCUT2D eigenvalue weighted by molar-refractivity contribution is 5.95. The second-order valence-corrected chi connectivity index (χ2v) is 3.75. The van der Waals surface area contributed by atoms with Crippen LogP contribution in [0.1, 0.15) is 10.4 Å². The molecule has 1 aliphatic heterocycles. The SMILES string of the molecule is COc1cc(C(=O)NCCN)cc2c1OCCO2.Cl. The number of halogens is 1. The molecule has 3 N–H and O–H groups in total. The second kappa shape index (κ2) is 7.06. The summed E-state index contributed by atoms with van der Waals surface area (Å²) in [6.45, 7) is 1.76. The molecule has 0 saturated carbocycles. The molecule has 0 bridgehead atoms. The number of benzene rings is 1.